The maximum absolute atomic E-state index is 14.1. The number of aromatic nitrogens is 2. The molecule has 0 aliphatic rings. The Morgan fingerprint density at radius 2 is 1.86 bits per heavy atom. The highest BCUT2D eigenvalue weighted by Crippen LogP contribution is 2.28. The average molecular weight is 489 g/mol. The highest BCUT2D eigenvalue weighted by Gasteiger charge is 2.18. The molecule has 4 rings (SSSR count). The molecule has 36 heavy (non-hydrogen) atoms. The van der Waals surface area contributed by atoms with Crippen LogP contribution in [0.25, 0.3) is 0 Å². The van der Waals surface area contributed by atoms with Crippen LogP contribution in [0.1, 0.15) is 38.4 Å². The van der Waals surface area contributed by atoms with Crippen molar-refractivity contribution in [1.29, 1.82) is 0 Å². The molecule has 0 aliphatic heterocycles. The number of carbonyl (C=O) groups is 1. The standard InChI is InChI=1S/C27H25FN4O4/c1-17-11-12-25(24(13-17)32(34)35)36-16-20-7-6-9-21(14-20)27(33)29-26-18(2)30-31(19(26)3)15-22-8-4-5-10-23(22)28/h4-14H,15-16H2,1-3H3,(H,29,33). The Kier molecular flexibility index (Phi) is 7.10. The number of ether oxygens (including phenoxy) is 1. The van der Waals surface area contributed by atoms with Crippen LogP contribution in [-0.4, -0.2) is 20.6 Å². The normalized spacial score (nSPS) is 10.8. The molecule has 0 bridgehead atoms. The Labute approximate surface area is 207 Å². The van der Waals surface area contributed by atoms with Crippen molar-refractivity contribution >= 4 is 17.3 Å². The topological polar surface area (TPSA) is 99.3 Å². The second-order valence-electron chi connectivity index (χ2n) is 8.47. The van der Waals surface area contributed by atoms with Crippen molar-refractivity contribution in [2.75, 3.05) is 5.32 Å². The molecule has 9 heteroatoms. The largest absolute Gasteiger partial charge is 0.482 e. The Bertz CT molecular complexity index is 1450. The number of nitro groups is 1. The summed E-state index contributed by atoms with van der Waals surface area (Å²) in [7, 11) is 0. The summed E-state index contributed by atoms with van der Waals surface area (Å²) < 4.78 is 21.4. The van der Waals surface area contributed by atoms with E-state index in [4.69, 9.17) is 4.74 Å². The van der Waals surface area contributed by atoms with Gasteiger partial charge in [0.1, 0.15) is 12.4 Å². The maximum atomic E-state index is 14.1. The van der Waals surface area contributed by atoms with Gasteiger partial charge in [0, 0.05) is 17.2 Å². The predicted octanol–water partition coefficient (Wildman–Crippen LogP) is 5.74. The molecule has 1 aromatic heterocycles. The fourth-order valence-electron chi connectivity index (χ4n) is 3.86. The monoisotopic (exact) mass is 488 g/mol. The first-order valence-corrected chi connectivity index (χ1v) is 11.3. The van der Waals surface area contributed by atoms with Crippen LogP contribution in [-0.2, 0) is 13.2 Å². The van der Waals surface area contributed by atoms with Crippen LogP contribution in [0.15, 0.2) is 66.7 Å². The molecule has 0 spiro atoms. The van der Waals surface area contributed by atoms with E-state index in [1.165, 1.54) is 12.1 Å². The number of rotatable bonds is 8. The number of aryl methyl sites for hydroxylation is 2. The molecule has 4 aromatic rings. The van der Waals surface area contributed by atoms with Crippen molar-refractivity contribution in [2.24, 2.45) is 0 Å². The van der Waals surface area contributed by atoms with Crippen LogP contribution in [0.5, 0.6) is 5.75 Å². The fraction of sp³-hybridized carbons (Fsp3) is 0.185. The van der Waals surface area contributed by atoms with Gasteiger partial charge in [-0.15, -0.1) is 0 Å². The summed E-state index contributed by atoms with van der Waals surface area (Å²) in [6.07, 6.45) is 0. The summed E-state index contributed by atoms with van der Waals surface area (Å²) in [6, 6.07) is 18.1. The molecule has 8 nitrogen and oxygen atoms in total. The fourth-order valence-corrected chi connectivity index (χ4v) is 3.86. The molecular formula is C27H25FN4O4. The third-order valence-electron chi connectivity index (χ3n) is 5.79. The van der Waals surface area contributed by atoms with Gasteiger partial charge >= 0.3 is 5.69 Å². The van der Waals surface area contributed by atoms with Crippen LogP contribution >= 0.6 is 0 Å². The molecule has 3 aromatic carbocycles. The predicted molar refractivity (Wildman–Crippen MR) is 134 cm³/mol. The Balaban J connectivity index is 1.48. The Morgan fingerprint density at radius 1 is 1.08 bits per heavy atom. The van der Waals surface area contributed by atoms with Crippen molar-refractivity contribution in [3.05, 3.63) is 116 Å². The summed E-state index contributed by atoms with van der Waals surface area (Å²) in [6.45, 7) is 5.66. The van der Waals surface area contributed by atoms with E-state index in [1.807, 2.05) is 6.92 Å². The third-order valence-corrected chi connectivity index (χ3v) is 5.79. The Hall–Kier alpha value is -4.53. The van der Waals surface area contributed by atoms with Crippen LogP contribution in [0.3, 0.4) is 0 Å². The zero-order valence-electron chi connectivity index (χ0n) is 20.1. The minimum absolute atomic E-state index is 0.0592. The van der Waals surface area contributed by atoms with E-state index in [0.717, 1.165) is 5.56 Å². The van der Waals surface area contributed by atoms with Gasteiger partial charge in [0.15, 0.2) is 5.75 Å². The maximum Gasteiger partial charge on any atom is 0.311 e. The van der Waals surface area contributed by atoms with Crippen LogP contribution < -0.4 is 10.1 Å². The van der Waals surface area contributed by atoms with E-state index in [0.29, 0.717) is 33.8 Å². The first-order valence-electron chi connectivity index (χ1n) is 11.3. The molecule has 0 saturated carbocycles. The van der Waals surface area contributed by atoms with Gasteiger partial charge in [-0.2, -0.15) is 5.10 Å². The van der Waals surface area contributed by atoms with Gasteiger partial charge in [-0.3, -0.25) is 19.6 Å². The van der Waals surface area contributed by atoms with E-state index in [2.05, 4.69) is 10.4 Å². The molecule has 1 amide bonds. The number of nitrogens with zero attached hydrogens (tertiary/aromatic N) is 3. The molecule has 0 saturated heterocycles. The van der Waals surface area contributed by atoms with E-state index < -0.39 is 4.92 Å². The molecule has 0 aliphatic carbocycles. The lowest BCUT2D eigenvalue weighted by Gasteiger charge is -2.10. The van der Waals surface area contributed by atoms with Gasteiger partial charge in [0.2, 0.25) is 0 Å². The molecule has 0 atom stereocenters. The number of benzene rings is 3. The lowest BCUT2D eigenvalue weighted by Crippen LogP contribution is -2.14. The van der Waals surface area contributed by atoms with E-state index in [-0.39, 0.29) is 36.3 Å². The number of hydrogen-bond donors (Lipinski definition) is 1. The molecular weight excluding hydrogens is 463 g/mol. The van der Waals surface area contributed by atoms with Crippen molar-refractivity contribution < 1.29 is 18.8 Å². The van der Waals surface area contributed by atoms with Gasteiger partial charge in [0.05, 0.1) is 28.5 Å². The second kappa shape index (κ2) is 10.4. The highest BCUT2D eigenvalue weighted by molar-refractivity contribution is 6.05. The Morgan fingerprint density at radius 3 is 2.61 bits per heavy atom. The molecule has 0 radical (unpaired) electrons. The quantitative estimate of drug-likeness (QED) is 0.252. The number of halogens is 1. The third kappa shape index (κ3) is 5.41. The van der Waals surface area contributed by atoms with Gasteiger partial charge in [-0.05, 0) is 56.2 Å². The first-order chi connectivity index (χ1) is 17.2. The summed E-state index contributed by atoms with van der Waals surface area (Å²) in [5, 5.41) is 18.7. The first kappa shape index (κ1) is 24.6. The number of nitro benzene ring substituents is 1. The number of hydrogen-bond acceptors (Lipinski definition) is 5. The molecule has 184 valence electrons. The lowest BCUT2D eigenvalue weighted by atomic mass is 10.1. The summed E-state index contributed by atoms with van der Waals surface area (Å²) in [5.74, 6) is -0.491. The van der Waals surface area contributed by atoms with Gasteiger partial charge < -0.3 is 10.1 Å². The molecule has 0 fully saturated rings. The van der Waals surface area contributed by atoms with Crippen molar-refractivity contribution in [2.45, 2.75) is 33.9 Å². The lowest BCUT2D eigenvalue weighted by molar-refractivity contribution is -0.386. The van der Waals surface area contributed by atoms with Gasteiger partial charge in [-0.1, -0.05) is 36.4 Å². The van der Waals surface area contributed by atoms with E-state index in [1.54, 1.807) is 73.1 Å². The van der Waals surface area contributed by atoms with E-state index >= 15 is 0 Å². The van der Waals surface area contributed by atoms with E-state index in [9.17, 15) is 19.3 Å². The number of carbonyl (C=O) groups excluding carboxylic acids is 1. The molecule has 0 unspecified atom stereocenters. The minimum Gasteiger partial charge on any atom is -0.482 e. The zero-order chi connectivity index (χ0) is 25.8. The minimum atomic E-state index is -0.483. The van der Waals surface area contributed by atoms with Gasteiger partial charge in [0.25, 0.3) is 5.91 Å². The van der Waals surface area contributed by atoms with Gasteiger partial charge in [-0.25, -0.2) is 4.39 Å². The number of amides is 1. The smallest absolute Gasteiger partial charge is 0.311 e. The summed E-state index contributed by atoms with van der Waals surface area (Å²) in [5.41, 5.74) is 4.11. The summed E-state index contributed by atoms with van der Waals surface area (Å²) in [4.78, 5) is 23.9. The number of anilines is 1. The van der Waals surface area contributed by atoms with Crippen molar-refractivity contribution in [3.8, 4) is 5.75 Å². The average Bonchev–Trinajstić information content (AvgIpc) is 3.12. The van der Waals surface area contributed by atoms with Crippen LogP contribution in [0, 0.1) is 36.7 Å². The van der Waals surface area contributed by atoms with Crippen molar-refractivity contribution in [3.63, 3.8) is 0 Å². The van der Waals surface area contributed by atoms with Crippen LogP contribution in [0.4, 0.5) is 15.8 Å². The molecule has 1 N–H and O–H groups in total. The van der Waals surface area contributed by atoms with Crippen molar-refractivity contribution in [1.82, 2.24) is 9.78 Å². The molecule has 1 heterocycles. The summed E-state index contributed by atoms with van der Waals surface area (Å²) >= 11 is 0. The van der Waals surface area contributed by atoms with Crippen LogP contribution in [0.2, 0.25) is 0 Å². The zero-order valence-corrected chi connectivity index (χ0v) is 20.1. The highest BCUT2D eigenvalue weighted by atomic mass is 19.1. The SMILES string of the molecule is Cc1ccc(OCc2cccc(C(=O)Nc3c(C)nn(Cc4ccccc4F)c3C)c2)c([N+](=O)[O-])c1. The second-order valence-corrected chi connectivity index (χ2v) is 8.47. The number of nitrogens with one attached hydrogen (secondary N) is 1.